The Morgan fingerprint density at radius 3 is 2.53 bits per heavy atom. The number of aliphatic hydroxyl groups excluding tert-OH is 1. The monoisotopic (exact) mass is 473 g/mol. The first kappa shape index (κ1) is 21.7. The standard InChI is InChI=1S/C23H28ClN5O2S/c1-32(31)20-19-7-12-25-29(19)22(26-21(20)27-23(15-30)10-2-11-23)28-13-8-17(9-14-28)16-3-5-18(24)6-4-16/h3-7,12,17,27,30H,2,8-11,13-15H2,1H3/t32-/m0/s1. The van der Waals surface area contributed by atoms with Crippen molar-refractivity contribution in [3.8, 4) is 0 Å². The molecule has 1 aliphatic heterocycles. The van der Waals surface area contributed by atoms with Crippen molar-refractivity contribution in [3.05, 3.63) is 47.1 Å². The molecule has 1 saturated carbocycles. The molecule has 1 atom stereocenters. The van der Waals surface area contributed by atoms with Gasteiger partial charge in [0.2, 0.25) is 5.95 Å². The summed E-state index contributed by atoms with van der Waals surface area (Å²) in [5.74, 6) is 1.84. The fourth-order valence-corrected chi connectivity index (χ4v) is 5.80. The Hall–Kier alpha value is -2.16. The van der Waals surface area contributed by atoms with Crippen LogP contribution in [0.2, 0.25) is 5.02 Å². The number of piperidine rings is 1. The Kier molecular flexibility index (Phi) is 5.86. The number of halogens is 1. The van der Waals surface area contributed by atoms with E-state index < -0.39 is 10.8 Å². The molecule has 170 valence electrons. The first-order valence-electron chi connectivity index (χ1n) is 11.1. The Bertz CT molecular complexity index is 1130. The summed E-state index contributed by atoms with van der Waals surface area (Å²) in [7, 11) is -1.25. The van der Waals surface area contributed by atoms with E-state index in [1.54, 1.807) is 17.0 Å². The summed E-state index contributed by atoms with van der Waals surface area (Å²) in [5, 5.41) is 18.7. The molecule has 2 fully saturated rings. The maximum atomic E-state index is 12.7. The van der Waals surface area contributed by atoms with E-state index in [0.717, 1.165) is 61.7 Å². The predicted octanol–water partition coefficient (Wildman–Crippen LogP) is 3.83. The minimum Gasteiger partial charge on any atom is -0.394 e. The molecule has 2 aromatic heterocycles. The summed E-state index contributed by atoms with van der Waals surface area (Å²) < 4.78 is 14.5. The van der Waals surface area contributed by atoms with Crippen molar-refractivity contribution in [1.82, 2.24) is 14.6 Å². The van der Waals surface area contributed by atoms with Crippen molar-refractivity contribution in [3.63, 3.8) is 0 Å². The zero-order valence-electron chi connectivity index (χ0n) is 18.1. The quantitative estimate of drug-likeness (QED) is 0.566. The molecule has 3 heterocycles. The van der Waals surface area contributed by atoms with Crippen LogP contribution in [-0.2, 0) is 10.8 Å². The van der Waals surface area contributed by atoms with Crippen LogP contribution >= 0.6 is 11.6 Å². The van der Waals surface area contributed by atoms with Crippen molar-refractivity contribution in [1.29, 1.82) is 0 Å². The number of nitrogens with zero attached hydrogens (tertiary/aromatic N) is 4. The van der Waals surface area contributed by atoms with Gasteiger partial charge in [-0.05, 0) is 61.8 Å². The largest absolute Gasteiger partial charge is 0.394 e. The van der Waals surface area contributed by atoms with E-state index in [0.29, 0.717) is 16.6 Å². The number of hydrogen-bond acceptors (Lipinski definition) is 6. The Balaban J connectivity index is 1.46. The van der Waals surface area contributed by atoms with Crippen LogP contribution in [0, 0.1) is 0 Å². The molecule has 2 N–H and O–H groups in total. The molecule has 5 rings (SSSR count). The van der Waals surface area contributed by atoms with E-state index in [-0.39, 0.29) is 12.1 Å². The number of fused-ring (bicyclic) bond motifs is 1. The minimum atomic E-state index is -1.25. The molecule has 1 aliphatic carbocycles. The zero-order valence-corrected chi connectivity index (χ0v) is 19.7. The van der Waals surface area contributed by atoms with Gasteiger partial charge in [-0.3, -0.25) is 4.21 Å². The van der Waals surface area contributed by atoms with Crippen molar-refractivity contribution >= 4 is 39.7 Å². The topological polar surface area (TPSA) is 82.8 Å². The summed E-state index contributed by atoms with van der Waals surface area (Å²) in [6, 6.07) is 10.0. The second-order valence-electron chi connectivity index (χ2n) is 8.90. The van der Waals surface area contributed by atoms with Crippen LogP contribution in [0.1, 0.15) is 43.6 Å². The lowest BCUT2D eigenvalue weighted by molar-refractivity contribution is 0.143. The minimum absolute atomic E-state index is 0.0384. The van der Waals surface area contributed by atoms with Gasteiger partial charge < -0.3 is 15.3 Å². The maximum absolute atomic E-state index is 12.7. The molecule has 7 nitrogen and oxygen atoms in total. The lowest BCUT2D eigenvalue weighted by Crippen LogP contribution is -2.49. The third kappa shape index (κ3) is 3.89. The first-order chi connectivity index (χ1) is 15.5. The van der Waals surface area contributed by atoms with Gasteiger partial charge in [-0.15, -0.1) is 0 Å². The highest BCUT2D eigenvalue weighted by Crippen LogP contribution is 2.38. The lowest BCUT2D eigenvalue weighted by Gasteiger charge is -2.42. The normalized spacial score (nSPS) is 19.7. The van der Waals surface area contributed by atoms with Crippen LogP contribution in [0.5, 0.6) is 0 Å². The Morgan fingerprint density at radius 1 is 1.22 bits per heavy atom. The van der Waals surface area contributed by atoms with Crippen LogP contribution in [0.3, 0.4) is 0 Å². The van der Waals surface area contributed by atoms with E-state index in [9.17, 15) is 9.32 Å². The van der Waals surface area contributed by atoms with Crippen LogP contribution in [-0.4, -0.2) is 55.4 Å². The van der Waals surface area contributed by atoms with Gasteiger partial charge in [-0.1, -0.05) is 23.7 Å². The molecule has 2 aliphatic rings. The molecule has 9 heteroatoms. The van der Waals surface area contributed by atoms with Gasteiger partial charge in [-0.25, -0.2) is 0 Å². The SMILES string of the molecule is C[S@](=O)c1c(NC2(CO)CCC2)nc(N2CCC(c3ccc(Cl)cc3)CC2)n2nccc12. The van der Waals surface area contributed by atoms with Gasteiger partial charge in [-0.2, -0.15) is 14.6 Å². The van der Waals surface area contributed by atoms with Crippen LogP contribution in [0.4, 0.5) is 11.8 Å². The fourth-order valence-electron chi connectivity index (χ4n) is 4.85. The molecule has 0 radical (unpaired) electrons. The van der Waals surface area contributed by atoms with Crippen LogP contribution in [0.15, 0.2) is 41.4 Å². The summed E-state index contributed by atoms with van der Waals surface area (Å²) in [4.78, 5) is 7.83. The number of aliphatic hydroxyl groups is 1. The molecule has 0 amide bonds. The zero-order chi connectivity index (χ0) is 22.3. The summed E-state index contributed by atoms with van der Waals surface area (Å²) in [6.07, 6.45) is 8.25. The first-order valence-corrected chi connectivity index (χ1v) is 13.0. The van der Waals surface area contributed by atoms with Gasteiger partial charge in [0.25, 0.3) is 0 Å². The van der Waals surface area contributed by atoms with E-state index in [1.807, 2.05) is 18.2 Å². The third-order valence-corrected chi connectivity index (χ3v) is 8.12. The molecule has 32 heavy (non-hydrogen) atoms. The second kappa shape index (κ2) is 8.65. The number of hydrogen-bond donors (Lipinski definition) is 2. The molecular formula is C23H28ClN5O2S. The Morgan fingerprint density at radius 2 is 1.94 bits per heavy atom. The number of benzene rings is 1. The summed E-state index contributed by atoms with van der Waals surface area (Å²) in [5.41, 5.74) is 1.74. The van der Waals surface area contributed by atoms with Gasteiger partial charge >= 0.3 is 0 Å². The van der Waals surface area contributed by atoms with Crippen LogP contribution < -0.4 is 10.2 Å². The second-order valence-corrected chi connectivity index (χ2v) is 10.7. The van der Waals surface area contributed by atoms with Gasteiger partial charge in [0, 0.05) is 24.4 Å². The highest BCUT2D eigenvalue weighted by atomic mass is 35.5. The van der Waals surface area contributed by atoms with Crippen molar-refractivity contribution < 1.29 is 9.32 Å². The number of nitrogens with one attached hydrogen (secondary N) is 1. The smallest absolute Gasteiger partial charge is 0.229 e. The highest BCUT2D eigenvalue weighted by molar-refractivity contribution is 7.84. The fraction of sp³-hybridized carbons (Fsp3) is 0.478. The highest BCUT2D eigenvalue weighted by Gasteiger charge is 2.38. The number of anilines is 2. The number of rotatable bonds is 6. The average molecular weight is 474 g/mol. The Labute approximate surface area is 195 Å². The molecular weight excluding hydrogens is 446 g/mol. The van der Waals surface area contributed by atoms with E-state index >= 15 is 0 Å². The summed E-state index contributed by atoms with van der Waals surface area (Å²) >= 11 is 6.05. The molecule has 0 spiro atoms. The third-order valence-electron chi connectivity index (χ3n) is 6.90. The molecule has 3 aromatic rings. The lowest BCUT2D eigenvalue weighted by atomic mass is 9.77. The molecule has 0 unspecified atom stereocenters. The number of aromatic nitrogens is 3. The van der Waals surface area contributed by atoms with Gasteiger partial charge in [0.15, 0.2) is 0 Å². The molecule has 1 aromatic carbocycles. The van der Waals surface area contributed by atoms with Crippen LogP contribution in [0.25, 0.3) is 5.52 Å². The van der Waals surface area contributed by atoms with Crippen molar-refractivity contribution in [2.45, 2.75) is 48.5 Å². The predicted molar refractivity (Wildman–Crippen MR) is 128 cm³/mol. The van der Waals surface area contributed by atoms with Crippen molar-refractivity contribution in [2.75, 3.05) is 36.2 Å². The van der Waals surface area contributed by atoms with E-state index in [1.165, 1.54) is 5.56 Å². The average Bonchev–Trinajstić information content (AvgIpc) is 3.25. The van der Waals surface area contributed by atoms with E-state index in [2.05, 4.69) is 27.4 Å². The van der Waals surface area contributed by atoms with Gasteiger partial charge in [0.05, 0.1) is 34.7 Å². The molecule has 0 bridgehead atoms. The van der Waals surface area contributed by atoms with Gasteiger partial charge in [0.1, 0.15) is 10.7 Å². The van der Waals surface area contributed by atoms with E-state index in [4.69, 9.17) is 16.6 Å². The maximum Gasteiger partial charge on any atom is 0.229 e. The summed E-state index contributed by atoms with van der Waals surface area (Å²) in [6.45, 7) is 1.75. The molecule has 1 saturated heterocycles. The van der Waals surface area contributed by atoms with Crippen molar-refractivity contribution in [2.24, 2.45) is 0 Å².